The Morgan fingerprint density at radius 2 is 0.311 bits per heavy atom. The molecule has 6 atom stereocenters. The fourth-order valence-electron chi connectivity index (χ4n) is 5.07. The minimum absolute atomic E-state index is 0. The van der Waals surface area contributed by atoms with Crippen molar-refractivity contribution in [2.75, 3.05) is 37.0 Å². The second-order valence-electron chi connectivity index (χ2n) is 14.8. The SMILES string of the molecule is CCCCCCC[P+](=O)[O-].CCCCCCC[P+](=O)[O-].CCCCCCC[P+](=O)[O-].CCCCCCC[P+](=O)[O-].CCCCCCC[P+](=O)[O-].CCCCCCC[P+](=O)[O-].[Mo]. The zero-order chi connectivity index (χ0) is 46.9. The number of hydrogen-bond donors (Lipinski definition) is 0. The molecule has 0 amide bonds. The van der Waals surface area contributed by atoms with Crippen molar-refractivity contribution >= 4 is 48.2 Å². The van der Waals surface area contributed by atoms with Crippen LogP contribution in [-0.4, -0.2) is 37.0 Å². The van der Waals surface area contributed by atoms with Crippen molar-refractivity contribution in [2.24, 2.45) is 0 Å². The summed E-state index contributed by atoms with van der Waals surface area (Å²) in [7, 11) is -12.7. The van der Waals surface area contributed by atoms with Crippen LogP contribution in [0.4, 0.5) is 0 Å². The third kappa shape index (κ3) is 115. The van der Waals surface area contributed by atoms with Gasteiger partial charge in [0, 0.05) is 21.1 Å². The van der Waals surface area contributed by atoms with E-state index < -0.39 is 48.2 Å². The smallest absolute Gasteiger partial charge is 0.308 e. The molecule has 0 saturated carbocycles. The van der Waals surface area contributed by atoms with Crippen LogP contribution in [0.1, 0.15) is 234 Å². The molecule has 0 radical (unpaired) electrons. The average Bonchev–Trinajstić information content (AvgIpc) is 3.18. The van der Waals surface area contributed by atoms with Crippen LogP contribution in [-0.2, 0) is 48.5 Å². The Morgan fingerprint density at radius 3 is 0.393 bits per heavy atom. The average molecular weight is 1070 g/mol. The molecule has 0 heterocycles. The summed E-state index contributed by atoms with van der Waals surface area (Å²) >= 11 is 0. The number of rotatable bonds is 36. The summed E-state index contributed by atoms with van der Waals surface area (Å²) in [6.45, 7) is 12.9. The molecule has 61 heavy (non-hydrogen) atoms. The van der Waals surface area contributed by atoms with Crippen molar-refractivity contribution in [3.63, 3.8) is 0 Å². The van der Waals surface area contributed by atoms with Gasteiger partial charge in [0.2, 0.25) is 0 Å². The Labute approximate surface area is 395 Å². The topological polar surface area (TPSA) is 241 Å². The van der Waals surface area contributed by atoms with Crippen molar-refractivity contribution in [3.05, 3.63) is 0 Å². The predicted octanol–water partition coefficient (Wildman–Crippen LogP) is 12.4. The molecule has 0 aromatic rings. The molecule has 0 spiro atoms. The predicted molar refractivity (Wildman–Crippen MR) is 247 cm³/mol. The van der Waals surface area contributed by atoms with Crippen LogP contribution >= 0.6 is 48.2 Å². The zero-order valence-corrected chi connectivity index (χ0v) is 46.8. The first-order valence-corrected chi connectivity index (χ1v) is 31.5. The third-order valence-corrected chi connectivity index (χ3v) is 12.8. The van der Waals surface area contributed by atoms with Gasteiger partial charge in [-0.15, -0.1) is 0 Å². The van der Waals surface area contributed by atoms with Crippen molar-refractivity contribution in [1.29, 1.82) is 0 Å². The van der Waals surface area contributed by atoms with Gasteiger partial charge in [0.05, 0.1) is 0 Å². The summed E-state index contributed by atoms with van der Waals surface area (Å²) in [6, 6.07) is 0. The van der Waals surface area contributed by atoms with Gasteiger partial charge in [-0.1, -0.05) is 185 Å². The quantitative estimate of drug-likeness (QED) is 0.0323. The summed E-state index contributed by atoms with van der Waals surface area (Å²) in [5, 5.41) is 0. The first-order chi connectivity index (χ1) is 28.6. The molecule has 0 aliphatic rings. The van der Waals surface area contributed by atoms with E-state index in [4.69, 9.17) is 0 Å². The van der Waals surface area contributed by atoms with Crippen molar-refractivity contribution in [2.45, 2.75) is 234 Å². The van der Waals surface area contributed by atoms with Gasteiger partial charge in [-0.2, -0.15) is 0 Å². The third-order valence-electron chi connectivity index (χ3n) is 8.67. The largest absolute Gasteiger partial charge is 0.596 e. The van der Waals surface area contributed by atoms with Gasteiger partial charge in [-0.3, -0.25) is 0 Å². The van der Waals surface area contributed by atoms with E-state index in [1.54, 1.807) is 0 Å². The molecule has 0 aliphatic carbocycles. The van der Waals surface area contributed by atoms with Crippen molar-refractivity contribution in [3.8, 4) is 0 Å². The Hall–Kier alpha value is 1.05. The van der Waals surface area contributed by atoms with Crippen LogP contribution < -0.4 is 29.4 Å². The normalized spacial score (nSPS) is 11.4. The summed E-state index contributed by atoms with van der Waals surface area (Å²) in [4.78, 5) is 60.4. The van der Waals surface area contributed by atoms with E-state index in [-0.39, 0.29) is 21.1 Å². The van der Waals surface area contributed by atoms with Gasteiger partial charge in [-0.05, 0) is 77.0 Å². The second-order valence-corrected chi connectivity index (χ2v) is 21.5. The summed E-state index contributed by atoms with van der Waals surface area (Å²) in [5.41, 5.74) is 0. The maximum absolute atomic E-state index is 10.1. The molecule has 0 fully saturated rings. The Kier molecular flexibility index (Phi) is 90.9. The molecule has 0 bridgehead atoms. The number of unbranched alkanes of at least 4 members (excludes halogenated alkanes) is 24. The molecule has 0 saturated heterocycles. The second kappa shape index (κ2) is 72.6. The molecule has 0 N–H and O–H groups in total. The fraction of sp³-hybridized carbons (Fsp3) is 1.00. The Bertz CT molecular complexity index is 755. The Balaban J connectivity index is -0.000000114. The van der Waals surface area contributed by atoms with E-state index in [1.807, 2.05) is 0 Å². The molecule has 6 unspecified atom stereocenters. The summed E-state index contributed by atoms with van der Waals surface area (Å²) in [5.74, 6) is 0. The monoisotopic (exact) mass is 1070 g/mol. The van der Waals surface area contributed by atoms with E-state index in [1.165, 1.54) is 116 Å². The number of hydrogen-bond acceptors (Lipinski definition) is 12. The van der Waals surface area contributed by atoms with Crippen molar-refractivity contribution < 1.29 is 77.8 Å². The standard InChI is InChI=1S/6C7H15O2P.Mo/c6*1-2-3-4-5-6-7-10(8)9;/h6*2-7H2,1H3;. The summed E-state index contributed by atoms with van der Waals surface area (Å²) in [6.07, 6.45) is 35.5. The molecule has 0 rings (SSSR count). The molecular weight excluding hydrogens is 978 g/mol. The van der Waals surface area contributed by atoms with Gasteiger partial charge >= 0.3 is 48.2 Å². The van der Waals surface area contributed by atoms with Gasteiger partial charge in [0.15, 0.2) is 0 Å². The molecular formula is C42H90MoO12P6. The van der Waals surface area contributed by atoms with Crippen LogP contribution in [0.2, 0.25) is 0 Å². The van der Waals surface area contributed by atoms with Gasteiger partial charge in [-0.25, -0.2) is 0 Å². The van der Waals surface area contributed by atoms with E-state index in [2.05, 4.69) is 41.5 Å². The van der Waals surface area contributed by atoms with E-state index >= 15 is 0 Å². The van der Waals surface area contributed by atoms with Gasteiger partial charge in [0.1, 0.15) is 37.0 Å². The molecule has 366 valence electrons. The van der Waals surface area contributed by atoms with E-state index in [0.717, 1.165) is 77.0 Å². The molecule has 0 aromatic heterocycles. The molecule has 12 nitrogen and oxygen atoms in total. The van der Waals surface area contributed by atoms with Crippen LogP contribution in [0.15, 0.2) is 0 Å². The molecule has 19 heteroatoms. The van der Waals surface area contributed by atoms with Crippen LogP contribution in [0.5, 0.6) is 0 Å². The van der Waals surface area contributed by atoms with E-state index in [0.29, 0.717) is 37.0 Å². The first-order valence-electron chi connectivity index (χ1n) is 23.3. The van der Waals surface area contributed by atoms with Gasteiger partial charge < -0.3 is 29.4 Å². The first kappa shape index (κ1) is 76.3. The van der Waals surface area contributed by atoms with Crippen LogP contribution in [0.25, 0.3) is 0 Å². The van der Waals surface area contributed by atoms with E-state index in [9.17, 15) is 56.8 Å². The maximum atomic E-state index is 10.1. The molecule has 0 aromatic carbocycles. The zero-order valence-electron chi connectivity index (χ0n) is 39.4. The molecule has 0 aliphatic heterocycles. The van der Waals surface area contributed by atoms with Crippen molar-refractivity contribution in [1.82, 2.24) is 0 Å². The van der Waals surface area contributed by atoms with Crippen LogP contribution in [0.3, 0.4) is 0 Å². The summed E-state index contributed by atoms with van der Waals surface area (Å²) < 4.78 is 60.4. The minimum atomic E-state index is -2.12. The Morgan fingerprint density at radius 1 is 0.213 bits per heavy atom. The fourth-order valence-corrected chi connectivity index (χ4v) is 7.96. The maximum Gasteiger partial charge on any atom is 0.308 e. The van der Waals surface area contributed by atoms with Gasteiger partial charge in [0.25, 0.3) is 0 Å². The minimum Gasteiger partial charge on any atom is -0.596 e. The van der Waals surface area contributed by atoms with Crippen LogP contribution in [0, 0.1) is 0 Å².